The van der Waals surface area contributed by atoms with Gasteiger partial charge < -0.3 is 10.8 Å². The predicted octanol–water partition coefficient (Wildman–Crippen LogP) is -1.19. The fraction of sp³-hybridized carbons (Fsp3) is 0.600. The van der Waals surface area contributed by atoms with Crippen LogP contribution in [-0.4, -0.2) is 22.9 Å². The summed E-state index contributed by atoms with van der Waals surface area (Å²) in [5, 5.41) is 8.65. The summed E-state index contributed by atoms with van der Waals surface area (Å²) in [4.78, 5) is 20.2. The van der Waals surface area contributed by atoms with Crippen LogP contribution in [0.1, 0.15) is 13.3 Å². The molecule has 0 aliphatic rings. The van der Waals surface area contributed by atoms with Gasteiger partial charge in [-0.25, -0.2) is 0 Å². The Balaban J connectivity index is 3.63. The number of rotatable bonds is 3. The molecule has 0 aromatic carbocycles. The van der Waals surface area contributed by atoms with Gasteiger partial charge >= 0.3 is 0 Å². The quantitative estimate of drug-likeness (QED) is 0.505. The number of carbonyl (C=O) groups excluding carboxylic acids is 2. The van der Waals surface area contributed by atoms with Crippen LogP contribution >= 0.6 is 0 Å². The van der Waals surface area contributed by atoms with Crippen molar-refractivity contribution >= 4 is 11.7 Å². The van der Waals surface area contributed by atoms with E-state index in [4.69, 9.17) is 5.11 Å². The number of primary amides is 1. The van der Waals surface area contributed by atoms with Crippen molar-refractivity contribution in [2.75, 3.05) is 0 Å². The van der Waals surface area contributed by atoms with E-state index in [1.807, 2.05) is 0 Å². The predicted molar refractivity (Wildman–Crippen MR) is 30.5 cm³/mol. The third-order valence-electron chi connectivity index (χ3n) is 0.864. The Bertz CT molecular complexity index is 132. The van der Waals surface area contributed by atoms with Crippen LogP contribution in [-0.2, 0) is 9.59 Å². The van der Waals surface area contributed by atoms with Gasteiger partial charge in [0, 0.05) is 0 Å². The molecule has 4 nitrogen and oxygen atoms in total. The molecule has 0 spiro atoms. The van der Waals surface area contributed by atoms with Gasteiger partial charge in [0.2, 0.25) is 5.91 Å². The molecular weight excluding hydrogens is 122 g/mol. The fourth-order valence-electron chi connectivity index (χ4n) is 0.334. The molecule has 0 saturated carbocycles. The van der Waals surface area contributed by atoms with Crippen LogP contribution < -0.4 is 5.73 Å². The van der Waals surface area contributed by atoms with Crippen LogP contribution in [0.25, 0.3) is 0 Å². The molecule has 1 atom stereocenters. The molecule has 1 amide bonds. The van der Waals surface area contributed by atoms with Gasteiger partial charge in [0.15, 0.2) is 5.78 Å². The lowest BCUT2D eigenvalue weighted by molar-refractivity contribution is -0.130. The monoisotopic (exact) mass is 131 g/mol. The average molecular weight is 131 g/mol. The Hall–Kier alpha value is -0.900. The van der Waals surface area contributed by atoms with E-state index in [1.165, 1.54) is 6.92 Å². The van der Waals surface area contributed by atoms with E-state index in [1.54, 1.807) is 0 Å². The van der Waals surface area contributed by atoms with E-state index in [2.05, 4.69) is 5.73 Å². The summed E-state index contributed by atoms with van der Waals surface area (Å²) in [5.41, 5.74) is 4.68. The highest BCUT2D eigenvalue weighted by molar-refractivity contribution is 5.86. The molecule has 0 fully saturated rings. The maximum atomic E-state index is 10.2. The normalized spacial score (nSPS) is 12.7. The van der Waals surface area contributed by atoms with Gasteiger partial charge in [-0.3, -0.25) is 9.59 Å². The summed E-state index contributed by atoms with van der Waals surface area (Å²) < 4.78 is 0. The lowest BCUT2D eigenvalue weighted by Gasteiger charge is -2.00. The van der Waals surface area contributed by atoms with Gasteiger partial charge in [-0.05, 0) is 6.92 Å². The molecular formula is C5H9NO3. The highest BCUT2D eigenvalue weighted by Gasteiger charge is 2.11. The fourth-order valence-corrected chi connectivity index (χ4v) is 0.334. The van der Waals surface area contributed by atoms with Gasteiger partial charge in [-0.2, -0.15) is 0 Å². The van der Waals surface area contributed by atoms with Crippen LogP contribution in [0, 0.1) is 0 Å². The lowest BCUT2D eigenvalue weighted by Crippen LogP contribution is -2.25. The number of aliphatic hydroxyl groups is 1. The lowest BCUT2D eigenvalue weighted by atomic mass is 10.2. The van der Waals surface area contributed by atoms with Crippen LogP contribution in [0.5, 0.6) is 0 Å². The molecule has 0 heterocycles. The first-order chi connectivity index (χ1) is 4.04. The van der Waals surface area contributed by atoms with E-state index < -0.39 is 17.8 Å². The zero-order chi connectivity index (χ0) is 7.44. The second-order valence-electron chi connectivity index (χ2n) is 1.80. The molecule has 0 radical (unpaired) electrons. The Labute approximate surface area is 52.7 Å². The molecule has 4 heteroatoms. The molecule has 0 bridgehead atoms. The standard InChI is InChI=1S/C5H9NO3/c1-3(7)4(8)2-5(6)9/h4,8H,2H2,1H3,(H2,6,9). The van der Waals surface area contributed by atoms with Crippen molar-refractivity contribution in [1.82, 2.24) is 0 Å². The van der Waals surface area contributed by atoms with Gasteiger partial charge in [0.05, 0.1) is 6.42 Å². The first kappa shape index (κ1) is 8.10. The third kappa shape index (κ3) is 3.66. The van der Waals surface area contributed by atoms with Crippen LogP contribution in [0.15, 0.2) is 0 Å². The van der Waals surface area contributed by atoms with E-state index in [-0.39, 0.29) is 6.42 Å². The van der Waals surface area contributed by atoms with Crippen molar-refractivity contribution < 1.29 is 14.7 Å². The van der Waals surface area contributed by atoms with Gasteiger partial charge in [-0.15, -0.1) is 0 Å². The number of aliphatic hydroxyl groups excluding tert-OH is 1. The minimum atomic E-state index is -1.22. The van der Waals surface area contributed by atoms with Crippen molar-refractivity contribution in [3.63, 3.8) is 0 Å². The molecule has 9 heavy (non-hydrogen) atoms. The molecule has 0 aromatic rings. The van der Waals surface area contributed by atoms with Crippen molar-refractivity contribution in [3.05, 3.63) is 0 Å². The molecule has 1 unspecified atom stereocenters. The van der Waals surface area contributed by atoms with Crippen molar-refractivity contribution in [2.45, 2.75) is 19.4 Å². The Morgan fingerprint density at radius 3 is 2.22 bits per heavy atom. The number of nitrogens with two attached hydrogens (primary N) is 1. The molecule has 52 valence electrons. The largest absolute Gasteiger partial charge is 0.385 e. The number of carbonyl (C=O) groups is 2. The van der Waals surface area contributed by atoms with Crippen molar-refractivity contribution in [1.29, 1.82) is 0 Å². The maximum Gasteiger partial charge on any atom is 0.220 e. The van der Waals surface area contributed by atoms with Crippen LogP contribution in [0.2, 0.25) is 0 Å². The zero-order valence-electron chi connectivity index (χ0n) is 5.13. The topological polar surface area (TPSA) is 80.4 Å². The highest BCUT2D eigenvalue weighted by Crippen LogP contribution is 1.89. The molecule has 3 N–H and O–H groups in total. The summed E-state index contributed by atoms with van der Waals surface area (Å²) in [6.07, 6.45) is -1.50. The van der Waals surface area contributed by atoms with Gasteiger partial charge in [0.1, 0.15) is 6.10 Å². The number of hydrogen-bond donors (Lipinski definition) is 2. The Morgan fingerprint density at radius 2 is 2.11 bits per heavy atom. The van der Waals surface area contributed by atoms with E-state index in [0.29, 0.717) is 0 Å². The molecule has 0 aliphatic carbocycles. The van der Waals surface area contributed by atoms with Crippen molar-refractivity contribution in [3.8, 4) is 0 Å². The average Bonchev–Trinajstić information content (AvgIpc) is 1.63. The van der Waals surface area contributed by atoms with E-state index >= 15 is 0 Å². The van der Waals surface area contributed by atoms with Gasteiger partial charge in [0.25, 0.3) is 0 Å². The van der Waals surface area contributed by atoms with Gasteiger partial charge in [-0.1, -0.05) is 0 Å². The smallest absolute Gasteiger partial charge is 0.220 e. The Kier molecular flexibility index (Phi) is 2.87. The van der Waals surface area contributed by atoms with E-state index in [0.717, 1.165) is 0 Å². The molecule has 0 aromatic heterocycles. The highest BCUT2D eigenvalue weighted by atomic mass is 16.3. The summed E-state index contributed by atoms with van der Waals surface area (Å²) in [7, 11) is 0. The first-order valence-corrected chi connectivity index (χ1v) is 2.51. The second-order valence-corrected chi connectivity index (χ2v) is 1.80. The minimum absolute atomic E-state index is 0.282. The third-order valence-corrected chi connectivity index (χ3v) is 0.864. The maximum absolute atomic E-state index is 10.2. The Morgan fingerprint density at radius 1 is 1.67 bits per heavy atom. The number of hydrogen-bond acceptors (Lipinski definition) is 3. The number of Topliss-reactive ketones (excluding diaryl/α,β-unsaturated/α-hetero) is 1. The second kappa shape index (κ2) is 3.19. The molecule has 0 saturated heterocycles. The zero-order valence-corrected chi connectivity index (χ0v) is 5.13. The number of amides is 1. The number of ketones is 1. The molecule has 0 rings (SSSR count). The van der Waals surface area contributed by atoms with E-state index in [9.17, 15) is 9.59 Å². The van der Waals surface area contributed by atoms with Crippen LogP contribution in [0.3, 0.4) is 0 Å². The first-order valence-electron chi connectivity index (χ1n) is 2.51. The SMILES string of the molecule is CC(=O)C(O)CC(N)=O. The summed E-state index contributed by atoms with van der Waals surface area (Å²) >= 11 is 0. The van der Waals surface area contributed by atoms with Crippen molar-refractivity contribution in [2.24, 2.45) is 5.73 Å². The summed E-state index contributed by atoms with van der Waals surface area (Å²) in [5.74, 6) is -1.11. The molecule has 0 aliphatic heterocycles. The summed E-state index contributed by atoms with van der Waals surface area (Å²) in [6.45, 7) is 1.20. The summed E-state index contributed by atoms with van der Waals surface area (Å²) in [6, 6.07) is 0. The minimum Gasteiger partial charge on any atom is -0.385 e. The van der Waals surface area contributed by atoms with Crippen LogP contribution in [0.4, 0.5) is 0 Å².